The average molecular weight is 565 g/mol. The van der Waals surface area contributed by atoms with Crippen molar-refractivity contribution < 1.29 is 37.0 Å². The Labute approximate surface area is 221 Å². The van der Waals surface area contributed by atoms with Crippen molar-refractivity contribution in [2.45, 2.75) is 29.3 Å². The average Bonchev–Trinajstić information content (AvgIpc) is 3.37. The Balaban J connectivity index is 1.58. The van der Waals surface area contributed by atoms with E-state index in [0.717, 1.165) is 46.2 Å². The molecule has 3 heterocycles. The number of anilines is 1. The number of rotatable bonds is 6. The third-order valence-corrected chi connectivity index (χ3v) is 8.56. The predicted molar refractivity (Wildman–Crippen MR) is 132 cm³/mol. The number of amides is 2. The van der Waals surface area contributed by atoms with Gasteiger partial charge in [0.25, 0.3) is 0 Å². The summed E-state index contributed by atoms with van der Waals surface area (Å²) in [5.74, 6) is -3.59. The molecule has 2 aliphatic heterocycles. The minimum atomic E-state index is -4.66. The Hall–Kier alpha value is -3.58. The maximum atomic E-state index is 13.8. The molecule has 3 atom stereocenters. The number of imide groups is 1. The van der Waals surface area contributed by atoms with Crippen molar-refractivity contribution in [3.8, 4) is 5.75 Å². The highest BCUT2D eigenvalue weighted by atomic mass is 32.2. The first-order valence-corrected chi connectivity index (χ1v) is 13.1. The fraction of sp³-hybridized carbons (Fsp3) is 0.280. The van der Waals surface area contributed by atoms with Gasteiger partial charge >= 0.3 is 17.0 Å². The van der Waals surface area contributed by atoms with E-state index in [2.05, 4.69) is 4.98 Å². The Morgan fingerprint density at radius 3 is 2.58 bits per heavy atom. The number of para-hydroxylation sites is 1. The van der Waals surface area contributed by atoms with Crippen molar-refractivity contribution in [3.63, 3.8) is 0 Å². The van der Waals surface area contributed by atoms with Gasteiger partial charge < -0.3 is 14.5 Å². The lowest BCUT2D eigenvalue weighted by atomic mass is 9.82. The van der Waals surface area contributed by atoms with Crippen LogP contribution in [0.4, 0.5) is 18.9 Å². The fourth-order valence-electron chi connectivity index (χ4n) is 4.64. The molecule has 3 unspecified atom stereocenters. The van der Waals surface area contributed by atoms with Crippen LogP contribution in [0.2, 0.25) is 0 Å². The second-order valence-corrected chi connectivity index (χ2v) is 10.6. The Morgan fingerprint density at radius 2 is 1.84 bits per heavy atom. The van der Waals surface area contributed by atoms with Gasteiger partial charge in [0.1, 0.15) is 11.0 Å². The molecule has 2 aliphatic rings. The van der Waals surface area contributed by atoms with Gasteiger partial charge in [-0.2, -0.15) is 13.2 Å². The van der Waals surface area contributed by atoms with Gasteiger partial charge in [-0.25, -0.2) is 9.69 Å². The maximum absolute atomic E-state index is 13.8. The molecule has 198 valence electrons. The number of thiazole rings is 1. The number of halogens is 3. The Bertz CT molecular complexity index is 1480. The van der Waals surface area contributed by atoms with Gasteiger partial charge in [0.2, 0.25) is 11.8 Å². The fourth-order valence-corrected chi connectivity index (χ4v) is 7.14. The standard InChI is InChI=1S/C25H19F3N2O6S2/c1-2-35-16(31)11-36-15-9-4-3-8-14(15)17-18-20(37-21-19(17)38-24(34)29-21)23(33)30(22(18)32)13-7-5-6-12(10-13)25(26,27)28/h3-10,17-18,20H,2,11H2,1H3,(H,29,34). The predicted octanol–water partition coefficient (Wildman–Crippen LogP) is 4.19. The molecule has 0 saturated carbocycles. The van der Waals surface area contributed by atoms with Crippen molar-refractivity contribution >= 4 is 46.6 Å². The molecule has 2 amide bonds. The van der Waals surface area contributed by atoms with Crippen LogP contribution in [0.25, 0.3) is 0 Å². The molecule has 1 N–H and O–H groups in total. The van der Waals surface area contributed by atoms with Crippen LogP contribution < -0.4 is 14.5 Å². The maximum Gasteiger partial charge on any atom is 0.416 e. The third-order valence-electron chi connectivity index (χ3n) is 6.16. The number of fused-ring (bicyclic) bond motifs is 2. The van der Waals surface area contributed by atoms with Gasteiger partial charge in [0, 0.05) is 16.4 Å². The molecule has 3 aromatic rings. The van der Waals surface area contributed by atoms with Crippen molar-refractivity contribution in [1.82, 2.24) is 4.98 Å². The largest absolute Gasteiger partial charge is 0.482 e. The van der Waals surface area contributed by atoms with Gasteiger partial charge in [-0.1, -0.05) is 47.4 Å². The zero-order valence-electron chi connectivity index (χ0n) is 19.6. The summed E-state index contributed by atoms with van der Waals surface area (Å²) >= 11 is 1.88. The van der Waals surface area contributed by atoms with Crippen LogP contribution in [0.5, 0.6) is 5.75 Å². The second kappa shape index (κ2) is 9.95. The molecule has 1 aromatic heterocycles. The molecule has 0 bridgehead atoms. The van der Waals surface area contributed by atoms with Crippen molar-refractivity contribution in [2.75, 3.05) is 18.1 Å². The molecule has 13 heteroatoms. The highest BCUT2D eigenvalue weighted by Crippen LogP contribution is 2.54. The summed E-state index contributed by atoms with van der Waals surface area (Å²) in [5, 5.41) is -0.601. The zero-order valence-corrected chi connectivity index (χ0v) is 21.2. The number of thioether (sulfide) groups is 1. The van der Waals surface area contributed by atoms with Crippen LogP contribution in [0.15, 0.2) is 58.4 Å². The molecular formula is C25H19F3N2O6S2. The molecule has 38 heavy (non-hydrogen) atoms. The number of carbonyl (C=O) groups is 3. The molecule has 0 radical (unpaired) electrons. The molecule has 1 saturated heterocycles. The minimum Gasteiger partial charge on any atom is -0.482 e. The number of ether oxygens (including phenoxy) is 2. The number of H-pyrrole nitrogens is 1. The molecule has 5 rings (SSSR count). The number of carbonyl (C=O) groups excluding carboxylic acids is 3. The number of hydrogen-bond acceptors (Lipinski definition) is 8. The molecule has 1 fully saturated rings. The number of nitrogens with one attached hydrogen (secondary N) is 1. The number of benzene rings is 2. The normalized spacial score (nSPS) is 20.7. The molecule has 0 aliphatic carbocycles. The van der Waals surface area contributed by atoms with Crippen LogP contribution in [0, 0.1) is 5.92 Å². The summed E-state index contributed by atoms with van der Waals surface area (Å²) in [6.45, 7) is 1.41. The highest BCUT2D eigenvalue weighted by Gasteiger charge is 2.57. The Kier molecular flexibility index (Phi) is 6.82. The van der Waals surface area contributed by atoms with Gasteiger partial charge in [-0.05, 0) is 31.2 Å². The first kappa shape index (κ1) is 26.0. The summed E-state index contributed by atoms with van der Waals surface area (Å²) < 4.78 is 50.7. The van der Waals surface area contributed by atoms with Crippen molar-refractivity contribution in [3.05, 3.63) is 74.2 Å². The number of aromatic nitrogens is 1. The summed E-state index contributed by atoms with van der Waals surface area (Å²) in [4.78, 5) is 55.1. The molecule has 8 nitrogen and oxygen atoms in total. The second-order valence-electron chi connectivity index (χ2n) is 8.44. The molecule has 0 spiro atoms. The van der Waals surface area contributed by atoms with Crippen molar-refractivity contribution in [2.24, 2.45) is 5.92 Å². The van der Waals surface area contributed by atoms with Gasteiger partial charge in [0.05, 0.1) is 28.8 Å². The minimum absolute atomic E-state index is 0.163. The number of esters is 1. The smallest absolute Gasteiger partial charge is 0.416 e. The number of aromatic amines is 1. The lowest BCUT2D eigenvalue weighted by Gasteiger charge is -2.30. The number of alkyl halides is 3. The van der Waals surface area contributed by atoms with E-state index in [4.69, 9.17) is 9.47 Å². The monoisotopic (exact) mass is 564 g/mol. The summed E-state index contributed by atoms with van der Waals surface area (Å²) in [7, 11) is 0. The quantitative estimate of drug-likeness (QED) is 0.354. The van der Waals surface area contributed by atoms with Crippen LogP contribution in [-0.4, -0.2) is 41.2 Å². The van der Waals surface area contributed by atoms with Crippen LogP contribution >= 0.6 is 23.1 Å². The SMILES string of the molecule is CCOC(=O)COc1ccccc1C1c2sc(=O)[nH]c2SC2C(=O)N(c3cccc(C(F)(F)F)c3)C(=O)C21. The van der Waals surface area contributed by atoms with E-state index < -0.39 is 53.2 Å². The lowest BCUT2D eigenvalue weighted by molar-refractivity contribution is -0.145. The summed E-state index contributed by atoms with van der Waals surface area (Å²) in [6, 6.07) is 10.6. The van der Waals surface area contributed by atoms with Crippen LogP contribution in [0.1, 0.15) is 28.8 Å². The van der Waals surface area contributed by atoms with Gasteiger partial charge in [-0.15, -0.1) is 0 Å². The topological polar surface area (TPSA) is 106 Å². The van der Waals surface area contributed by atoms with Gasteiger partial charge in [0.15, 0.2) is 6.61 Å². The number of nitrogens with zero attached hydrogens (tertiary/aromatic N) is 1. The first-order chi connectivity index (χ1) is 18.1. The summed E-state index contributed by atoms with van der Waals surface area (Å²) in [5.41, 5.74) is -0.723. The van der Waals surface area contributed by atoms with E-state index in [1.807, 2.05) is 0 Å². The summed E-state index contributed by atoms with van der Waals surface area (Å²) in [6.07, 6.45) is -4.66. The van der Waals surface area contributed by atoms with E-state index in [-0.39, 0.29) is 22.9 Å². The third kappa shape index (κ3) is 4.60. The Morgan fingerprint density at radius 1 is 1.08 bits per heavy atom. The van der Waals surface area contributed by atoms with E-state index >= 15 is 0 Å². The molecule has 2 aromatic carbocycles. The van der Waals surface area contributed by atoms with E-state index in [1.54, 1.807) is 31.2 Å². The van der Waals surface area contributed by atoms with E-state index in [9.17, 15) is 32.3 Å². The highest BCUT2D eigenvalue weighted by molar-refractivity contribution is 8.00. The molecular weight excluding hydrogens is 545 g/mol. The zero-order chi connectivity index (χ0) is 27.2. The van der Waals surface area contributed by atoms with Crippen LogP contribution in [-0.2, 0) is 25.3 Å². The van der Waals surface area contributed by atoms with Gasteiger partial charge in [-0.3, -0.25) is 14.4 Å². The lowest BCUT2D eigenvalue weighted by Crippen LogP contribution is -2.32. The first-order valence-electron chi connectivity index (χ1n) is 11.4. The van der Waals surface area contributed by atoms with E-state index in [1.165, 1.54) is 6.07 Å². The van der Waals surface area contributed by atoms with Crippen molar-refractivity contribution in [1.29, 1.82) is 0 Å². The number of hydrogen-bond donors (Lipinski definition) is 1. The van der Waals surface area contributed by atoms with E-state index in [0.29, 0.717) is 15.5 Å². The van der Waals surface area contributed by atoms with Crippen LogP contribution in [0.3, 0.4) is 0 Å².